The lowest BCUT2D eigenvalue weighted by molar-refractivity contribution is -0.131. The highest BCUT2D eigenvalue weighted by Gasteiger charge is 2.62. The molecule has 0 bridgehead atoms. The predicted octanol–water partition coefficient (Wildman–Crippen LogP) is 1.90. The van der Waals surface area contributed by atoms with Crippen molar-refractivity contribution in [3.8, 4) is 0 Å². The van der Waals surface area contributed by atoms with Crippen LogP contribution in [0.5, 0.6) is 0 Å². The van der Waals surface area contributed by atoms with E-state index in [4.69, 9.17) is 4.74 Å². The molecule has 12 nitrogen and oxygen atoms in total. The summed E-state index contributed by atoms with van der Waals surface area (Å²) in [4.78, 5) is 56.3. The Hall–Kier alpha value is -3.61. The third-order valence-corrected chi connectivity index (χ3v) is 10.7. The van der Waals surface area contributed by atoms with Gasteiger partial charge >= 0.3 is 12.1 Å². The summed E-state index contributed by atoms with van der Waals surface area (Å²) >= 11 is 0. The minimum absolute atomic E-state index is 0.0229. The van der Waals surface area contributed by atoms with E-state index in [1.807, 2.05) is 36.4 Å². The van der Waals surface area contributed by atoms with Crippen LogP contribution >= 0.6 is 0 Å². The van der Waals surface area contributed by atoms with E-state index in [0.29, 0.717) is 32.5 Å². The van der Waals surface area contributed by atoms with Gasteiger partial charge in [-0.2, -0.15) is 0 Å². The van der Waals surface area contributed by atoms with Crippen molar-refractivity contribution in [1.82, 2.24) is 25.2 Å². The number of hydrogen-bond donors (Lipinski definition) is 3. The summed E-state index contributed by atoms with van der Waals surface area (Å²) in [7, 11) is -3.82. The van der Waals surface area contributed by atoms with Gasteiger partial charge in [-0.25, -0.2) is 18.0 Å². The second kappa shape index (κ2) is 11.2. The molecular weight excluding hydrogens is 562 g/mol. The fraction of sp³-hybridized carbons (Fsp3) is 0.586. The van der Waals surface area contributed by atoms with Gasteiger partial charge in [-0.15, -0.1) is 0 Å². The second-order valence-electron chi connectivity index (χ2n) is 12.0. The summed E-state index contributed by atoms with van der Waals surface area (Å²) < 4.78 is 33.1. The van der Waals surface area contributed by atoms with Crippen LogP contribution in [0.15, 0.2) is 36.4 Å². The molecule has 3 heterocycles. The molecule has 226 valence electrons. The van der Waals surface area contributed by atoms with Gasteiger partial charge < -0.3 is 20.3 Å². The fourth-order valence-corrected chi connectivity index (χ4v) is 7.49. The molecule has 13 heteroatoms. The highest BCUT2D eigenvalue weighted by molar-refractivity contribution is 7.91. The lowest BCUT2D eigenvalue weighted by Gasteiger charge is -2.26. The molecule has 2 aliphatic carbocycles. The van der Waals surface area contributed by atoms with Crippen LogP contribution in [0.2, 0.25) is 0 Å². The Kier molecular flexibility index (Phi) is 7.62. The second-order valence-corrected chi connectivity index (χ2v) is 14.0. The Bertz CT molecular complexity index is 1390. The van der Waals surface area contributed by atoms with Crippen molar-refractivity contribution in [2.75, 3.05) is 13.1 Å². The summed E-state index contributed by atoms with van der Waals surface area (Å²) in [6.45, 7) is 1.31. The van der Waals surface area contributed by atoms with Crippen LogP contribution in [0.3, 0.4) is 0 Å². The SMILES string of the molecule is O=C1NC2(C(=O)NS(=O)(=O)C3CC3)C[C@H]2/C=C\CCCCCNC(=O)N2C[C@H](OC(=O)N3Cc4ccccc4C3)C[C@@H]12. The highest BCUT2D eigenvalue weighted by Crippen LogP contribution is 2.46. The minimum atomic E-state index is -3.82. The number of fused-ring (bicyclic) bond motifs is 3. The Morgan fingerprint density at radius 1 is 1.05 bits per heavy atom. The number of rotatable bonds is 4. The molecule has 5 aliphatic rings. The van der Waals surface area contributed by atoms with Gasteiger partial charge in [0.1, 0.15) is 17.7 Å². The zero-order valence-corrected chi connectivity index (χ0v) is 24.2. The summed E-state index contributed by atoms with van der Waals surface area (Å²) in [5.74, 6) is -1.70. The lowest BCUT2D eigenvalue weighted by Crippen LogP contribution is -2.57. The van der Waals surface area contributed by atoms with Gasteiger partial charge in [-0.05, 0) is 49.7 Å². The van der Waals surface area contributed by atoms with E-state index < -0.39 is 56.9 Å². The Morgan fingerprint density at radius 3 is 2.50 bits per heavy atom. The van der Waals surface area contributed by atoms with Gasteiger partial charge in [0.25, 0.3) is 5.91 Å². The van der Waals surface area contributed by atoms with E-state index in [0.717, 1.165) is 36.8 Å². The quantitative estimate of drug-likeness (QED) is 0.447. The molecule has 2 saturated carbocycles. The maximum absolute atomic E-state index is 13.7. The van der Waals surface area contributed by atoms with Crippen LogP contribution in [0, 0.1) is 5.92 Å². The van der Waals surface area contributed by atoms with Crippen LogP contribution < -0.4 is 15.4 Å². The van der Waals surface area contributed by atoms with Crippen molar-refractivity contribution in [3.05, 3.63) is 47.5 Å². The first kappa shape index (κ1) is 28.5. The van der Waals surface area contributed by atoms with E-state index in [-0.39, 0.29) is 25.3 Å². The molecule has 4 atom stereocenters. The maximum Gasteiger partial charge on any atom is 0.410 e. The van der Waals surface area contributed by atoms with E-state index in [2.05, 4.69) is 15.4 Å². The smallest absolute Gasteiger partial charge is 0.410 e. The Morgan fingerprint density at radius 2 is 1.79 bits per heavy atom. The zero-order chi connectivity index (χ0) is 29.5. The number of hydrogen-bond acceptors (Lipinski definition) is 7. The molecule has 0 radical (unpaired) electrons. The average molecular weight is 600 g/mol. The van der Waals surface area contributed by atoms with Gasteiger partial charge in [0.05, 0.1) is 11.8 Å². The van der Waals surface area contributed by atoms with E-state index >= 15 is 0 Å². The highest BCUT2D eigenvalue weighted by atomic mass is 32.2. The third kappa shape index (κ3) is 5.83. The number of carbonyl (C=O) groups is 4. The van der Waals surface area contributed by atoms with Crippen LogP contribution in [0.25, 0.3) is 0 Å². The molecule has 6 rings (SSSR count). The predicted molar refractivity (Wildman–Crippen MR) is 151 cm³/mol. The lowest BCUT2D eigenvalue weighted by atomic mass is 10.1. The molecule has 42 heavy (non-hydrogen) atoms. The average Bonchev–Trinajstić information content (AvgIpc) is 3.84. The van der Waals surface area contributed by atoms with Crippen molar-refractivity contribution in [3.63, 3.8) is 0 Å². The van der Waals surface area contributed by atoms with E-state index in [9.17, 15) is 27.6 Å². The van der Waals surface area contributed by atoms with Crippen molar-refractivity contribution >= 4 is 34.0 Å². The van der Waals surface area contributed by atoms with E-state index in [1.54, 1.807) is 4.90 Å². The van der Waals surface area contributed by atoms with Gasteiger partial charge in [-0.1, -0.05) is 42.8 Å². The minimum Gasteiger partial charge on any atom is -0.444 e. The molecule has 0 spiro atoms. The molecule has 1 saturated heterocycles. The first-order valence-corrected chi connectivity index (χ1v) is 16.3. The Balaban J connectivity index is 1.18. The monoisotopic (exact) mass is 599 g/mol. The number of nitrogens with zero attached hydrogens (tertiary/aromatic N) is 2. The molecule has 3 N–H and O–H groups in total. The first-order valence-electron chi connectivity index (χ1n) is 14.8. The summed E-state index contributed by atoms with van der Waals surface area (Å²) in [5, 5.41) is 5.09. The molecule has 5 amide bonds. The molecule has 1 aromatic carbocycles. The number of nitrogens with one attached hydrogen (secondary N) is 3. The number of ether oxygens (including phenoxy) is 1. The number of allylic oxidation sites excluding steroid dienone is 1. The number of sulfonamides is 1. The fourth-order valence-electron chi connectivity index (χ4n) is 6.12. The number of urea groups is 1. The molecule has 3 fully saturated rings. The van der Waals surface area contributed by atoms with Crippen molar-refractivity contribution in [1.29, 1.82) is 0 Å². The van der Waals surface area contributed by atoms with Gasteiger partial charge in [0.15, 0.2) is 0 Å². The first-order chi connectivity index (χ1) is 20.2. The normalized spacial score (nSPS) is 30.4. The number of benzene rings is 1. The molecular formula is C29H37N5O7S. The van der Waals surface area contributed by atoms with Crippen LogP contribution in [0.4, 0.5) is 9.59 Å². The number of amides is 5. The summed E-state index contributed by atoms with van der Waals surface area (Å²) in [6.07, 6.45) is 7.24. The molecule has 1 aromatic rings. The largest absolute Gasteiger partial charge is 0.444 e. The standard InChI is InChI=1S/C29H37N5O7S/c35-25-24-14-22(41-28(38)33-16-19-8-5-6-9-20(19)17-33)18-34(24)27(37)30-13-7-3-1-2-4-10-21-15-29(21,31-25)26(36)32-42(39,40)23-11-12-23/h4-6,8-10,21-24H,1-3,7,11-18H2,(H,30,37)(H,31,35)(H,32,36)/b10-4-/t21-,22-,24+,29?/m1/s1. The van der Waals surface area contributed by atoms with Crippen molar-refractivity contribution < 1.29 is 32.3 Å². The summed E-state index contributed by atoms with van der Waals surface area (Å²) in [5.41, 5.74) is 0.675. The molecule has 3 aliphatic heterocycles. The van der Waals surface area contributed by atoms with E-state index in [1.165, 1.54) is 4.90 Å². The topological polar surface area (TPSA) is 154 Å². The molecule has 0 aromatic heterocycles. The van der Waals surface area contributed by atoms with Crippen molar-refractivity contribution in [2.45, 2.75) is 87.4 Å². The van der Waals surface area contributed by atoms with Crippen LogP contribution in [-0.2, 0) is 37.4 Å². The number of carbonyl (C=O) groups excluding carboxylic acids is 4. The van der Waals surface area contributed by atoms with Gasteiger partial charge in [-0.3, -0.25) is 19.2 Å². The maximum atomic E-state index is 13.7. The zero-order valence-electron chi connectivity index (χ0n) is 23.4. The van der Waals surface area contributed by atoms with Crippen LogP contribution in [0.1, 0.15) is 62.5 Å². The van der Waals surface area contributed by atoms with Gasteiger partial charge in [0, 0.05) is 32.0 Å². The Labute approximate surface area is 245 Å². The van der Waals surface area contributed by atoms with Gasteiger partial charge in [0.2, 0.25) is 15.9 Å². The van der Waals surface area contributed by atoms with Crippen molar-refractivity contribution in [2.24, 2.45) is 5.92 Å². The van der Waals surface area contributed by atoms with Crippen LogP contribution in [-0.4, -0.2) is 78.2 Å². The third-order valence-electron chi connectivity index (χ3n) is 8.85. The molecule has 1 unspecified atom stereocenters. The summed E-state index contributed by atoms with van der Waals surface area (Å²) in [6, 6.07) is 6.32.